The van der Waals surface area contributed by atoms with Crippen molar-refractivity contribution in [1.29, 1.82) is 0 Å². The summed E-state index contributed by atoms with van der Waals surface area (Å²) in [6, 6.07) is 11.2. The fraction of sp³-hybridized carbons (Fsp3) is 0.200. The van der Waals surface area contributed by atoms with Gasteiger partial charge in [0.1, 0.15) is 0 Å². The highest BCUT2D eigenvalue weighted by molar-refractivity contribution is 5.89. The van der Waals surface area contributed by atoms with Crippen LogP contribution >= 0.6 is 0 Å². The van der Waals surface area contributed by atoms with E-state index < -0.39 is 11.8 Å². The maximum atomic E-state index is 13.3. The molecule has 5 heteroatoms. The first-order chi connectivity index (χ1) is 9.74. The van der Waals surface area contributed by atoms with Crippen LogP contribution in [0.5, 0.6) is 0 Å². The van der Waals surface area contributed by atoms with Crippen molar-refractivity contribution in [3.63, 3.8) is 0 Å². The second-order valence-electron chi connectivity index (χ2n) is 4.81. The molecule has 2 N–H and O–H groups in total. The van der Waals surface area contributed by atoms with Crippen molar-refractivity contribution in [3.05, 3.63) is 60.2 Å². The normalized spacial score (nSPS) is 20.2. The van der Waals surface area contributed by atoms with Crippen LogP contribution in [-0.4, -0.2) is 17.1 Å². The maximum absolute atomic E-state index is 13.3. The van der Waals surface area contributed by atoms with E-state index in [9.17, 15) is 9.18 Å². The molecule has 1 aromatic carbocycles. The number of halogens is 1. The van der Waals surface area contributed by atoms with Crippen LogP contribution in [0.1, 0.15) is 17.9 Å². The van der Waals surface area contributed by atoms with Crippen molar-refractivity contribution < 1.29 is 9.18 Å². The molecule has 102 valence electrons. The van der Waals surface area contributed by atoms with Gasteiger partial charge in [-0.3, -0.25) is 4.98 Å². The number of benzene rings is 1. The first-order valence-corrected chi connectivity index (χ1v) is 6.46. The van der Waals surface area contributed by atoms with Crippen LogP contribution in [0.25, 0.3) is 0 Å². The van der Waals surface area contributed by atoms with Gasteiger partial charge in [-0.05, 0) is 18.1 Å². The Morgan fingerprint density at radius 1 is 1.25 bits per heavy atom. The number of carbonyl (C=O) groups is 1. The minimum Gasteiger partial charge on any atom is -0.334 e. The highest BCUT2D eigenvalue weighted by Crippen LogP contribution is 2.40. The molecule has 0 radical (unpaired) electrons. The fourth-order valence-electron chi connectivity index (χ4n) is 2.23. The highest BCUT2D eigenvalue weighted by Gasteiger charge is 2.39. The van der Waals surface area contributed by atoms with Crippen molar-refractivity contribution in [2.45, 2.75) is 18.4 Å². The second kappa shape index (κ2) is 5.28. The van der Waals surface area contributed by atoms with Gasteiger partial charge in [0.05, 0.1) is 11.9 Å². The molecule has 1 heterocycles. The lowest BCUT2D eigenvalue weighted by Gasteiger charge is -2.07. The number of anilines is 1. The van der Waals surface area contributed by atoms with Gasteiger partial charge in [-0.15, -0.1) is 0 Å². The third-order valence-electron chi connectivity index (χ3n) is 3.36. The first-order valence-electron chi connectivity index (χ1n) is 6.46. The van der Waals surface area contributed by atoms with Gasteiger partial charge in [0.2, 0.25) is 0 Å². The Labute approximate surface area is 116 Å². The number of pyridine rings is 1. The summed E-state index contributed by atoms with van der Waals surface area (Å²) >= 11 is 0. The van der Waals surface area contributed by atoms with E-state index in [-0.39, 0.29) is 11.7 Å². The largest absolute Gasteiger partial charge is 0.334 e. The van der Waals surface area contributed by atoms with E-state index in [1.54, 1.807) is 0 Å². The van der Waals surface area contributed by atoms with Crippen molar-refractivity contribution in [1.82, 2.24) is 10.3 Å². The number of hydrogen-bond donors (Lipinski definition) is 2. The lowest BCUT2D eigenvalue weighted by molar-refractivity contribution is 0.251. The van der Waals surface area contributed by atoms with Gasteiger partial charge in [-0.1, -0.05) is 30.3 Å². The Hall–Kier alpha value is -2.43. The van der Waals surface area contributed by atoms with Gasteiger partial charge in [-0.2, -0.15) is 0 Å². The number of urea groups is 1. The summed E-state index contributed by atoms with van der Waals surface area (Å²) in [6.07, 6.45) is 3.42. The van der Waals surface area contributed by atoms with Crippen molar-refractivity contribution in [3.8, 4) is 0 Å². The second-order valence-corrected chi connectivity index (χ2v) is 4.81. The van der Waals surface area contributed by atoms with Crippen molar-refractivity contribution in [2.24, 2.45) is 0 Å². The van der Waals surface area contributed by atoms with Gasteiger partial charge >= 0.3 is 6.03 Å². The molecule has 2 amide bonds. The zero-order valence-electron chi connectivity index (χ0n) is 10.7. The molecule has 3 rings (SSSR count). The third-order valence-corrected chi connectivity index (χ3v) is 3.36. The Bertz CT molecular complexity index is 618. The standard InChI is InChI=1S/C15H14FN3O/c16-12-9-17-7-6-13(12)18-15(20)19-14-8-11(14)10-4-2-1-3-5-10/h1-7,9,11,14H,8H2,(H2,17,18,19,20)/t11-,14+/m1/s1. The van der Waals surface area contributed by atoms with E-state index in [4.69, 9.17) is 0 Å². The third kappa shape index (κ3) is 2.77. The molecule has 0 spiro atoms. The molecule has 1 aliphatic carbocycles. The fourth-order valence-corrected chi connectivity index (χ4v) is 2.23. The quantitative estimate of drug-likeness (QED) is 0.901. The summed E-state index contributed by atoms with van der Waals surface area (Å²) in [6.45, 7) is 0. The van der Waals surface area contributed by atoms with E-state index in [1.807, 2.05) is 30.3 Å². The zero-order valence-corrected chi connectivity index (χ0v) is 10.7. The van der Waals surface area contributed by atoms with E-state index in [0.29, 0.717) is 5.92 Å². The minimum absolute atomic E-state index is 0.113. The van der Waals surface area contributed by atoms with Crippen LogP contribution in [0.4, 0.5) is 14.9 Å². The van der Waals surface area contributed by atoms with Gasteiger partial charge in [0.25, 0.3) is 0 Å². The van der Waals surface area contributed by atoms with Gasteiger partial charge in [0.15, 0.2) is 5.82 Å². The van der Waals surface area contributed by atoms with E-state index in [0.717, 1.165) is 12.6 Å². The Morgan fingerprint density at radius 3 is 2.80 bits per heavy atom. The number of hydrogen-bond acceptors (Lipinski definition) is 2. The summed E-state index contributed by atoms with van der Waals surface area (Å²) in [4.78, 5) is 15.4. The van der Waals surface area contributed by atoms with Crippen LogP contribution in [0, 0.1) is 5.82 Å². The van der Waals surface area contributed by atoms with Crippen LogP contribution in [-0.2, 0) is 0 Å². The lowest BCUT2D eigenvalue weighted by atomic mass is 10.1. The molecule has 0 saturated heterocycles. The number of aromatic nitrogens is 1. The zero-order chi connectivity index (χ0) is 13.9. The number of nitrogens with zero attached hydrogens (tertiary/aromatic N) is 1. The summed E-state index contributed by atoms with van der Waals surface area (Å²) in [5, 5.41) is 5.33. The molecule has 1 saturated carbocycles. The minimum atomic E-state index is -0.543. The monoisotopic (exact) mass is 271 g/mol. The summed E-state index contributed by atoms with van der Waals surface area (Å²) < 4.78 is 13.3. The van der Waals surface area contributed by atoms with Crippen LogP contribution in [0.15, 0.2) is 48.8 Å². The van der Waals surface area contributed by atoms with Crippen LogP contribution in [0.2, 0.25) is 0 Å². The summed E-state index contributed by atoms with van der Waals surface area (Å²) in [5.74, 6) is -0.192. The Kier molecular flexibility index (Phi) is 3.33. The average molecular weight is 271 g/mol. The molecular weight excluding hydrogens is 257 g/mol. The van der Waals surface area contributed by atoms with E-state index >= 15 is 0 Å². The molecule has 0 unspecified atom stereocenters. The van der Waals surface area contributed by atoms with Crippen LogP contribution < -0.4 is 10.6 Å². The molecule has 20 heavy (non-hydrogen) atoms. The Morgan fingerprint density at radius 2 is 2.05 bits per heavy atom. The molecule has 0 aliphatic heterocycles. The van der Waals surface area contributed by atoms with Gasteiger partial charge in [-0.25, -0.2) is 9.18 Å². The molecular formula is C15H14FN3O. The molecule has 0 bridgehead atoms. The lowest BCUT2D eigenvalue weighted by Crippen LogP contribution is -2.31. The van der Waals surface area contributed by atoms with Gasteiger partial charge in [0, 0.05) is 18.2 Å². The SMILES string of the molecule is O=C(Nc1ccncc1F)N[C@H]1C[C@@H]1c1ccccc1. The van der Waals surface area contributed by atoms with Crippen LogP contribution in [0.3, 0.4) is 0 Å². The number of rotatable bonds is 3. The predicted octanol–water partition coefficient (Wildman–Crippen LogP) is 2.90. The predicted molar refractivity (Wildman–Crippen MR) is 73.9 cm³/mol. The Balaban J connectivity index is 1.55. The summed E-state index contributed by atoms with van der Waals surface area (Å²) in [5.41, 5.74) is 1.35. The summed E-state index contributed by atoms with van der Waals surface area (Å²) in [7, 11) is 0. The topological polar surface area (TPSA) is 54.0 Å². The van der Waals surface area contributed by atoms with E-state index in [2.05, 4.69) is 15.6 Å². The molecule has 1 fully saturated rings. The first kappa shape index (κ1) is 12.6. The van der Waals surface area contributed by atoms with E-state index in [1.165, 1.54) is 17.8 Å². The molecule has 2 aromatic rings. The molecule has 1 aliphatic rings. The van der Waals surface area contributed by atoms with Gasteiger partial charge < -0.3 is 10.6 Å². The number of nitrogens with one attached hydrogen (secondary N) is 2. The molecule has 1 aromatic heterocycles. The highest BCUT2D eigenvalue weighted by atomic mass is 19.1. The molecule has 2 atom stereocenters. The maximum Gasteiger partial charge on any atom is 0.319 e. The number of amides is 2. The smallest absolute Gasteiger partial charge is 0.319 e. The van der Waals surface area contributed by atoms with Crippen molar-refractivity contribution in [2.75, 3.05) is 5.32 Å². The van der Waals surface area contributed by atoms with Crippen molar-refractivity contribution >= 4 is 11.7 Å². The average Bonchev–Trinajstić information content (AvgIpc) is 3.21. The number of carbonyl (C=O) groups excluding carboxylic acids is 1. The molecule has 4 nitrogen and oxygen atoms in total.